The van der Waals surface area contributed by atoms with Crippen molar-refractivity contribution in [2.45, 2.75) is 26.8 Å². The van der Waals surface area contributed by atoms with Gasteiger partial charge in [-0.1, -0.05) is 25.1 Å². The Morgan fingerprint density at radius 3 is 2.89 bits per heavy atom. The molecule has 0 spiro atoms. The maximum absolute atomic E-state index is 4.66. The SMILES string of the molecule is CC/C=C(\NP)c1c2cccc(Br)c2nn1CC. The standard InChI is InChI=1S/C13H17BrN3P/c1-3-6-11(16-18)13-9-7-5-8-10(14)12(9)15-17(13)4-2/h5-8,16H,3-4,18H2,1-2H3/b11-6-. The molecule has 5 heteroatoms. The third-order valence-corrected chi connectivity index (χ3v) is 3.79. The van der Waals surface area contributed by atoms with Crippen molar-refractivity contribution in [2.75, 3.05) is 0 Å². The minimum atomic E-state index is 0.851. The van der Waals surface area contributed by atoms with Gasteiger partial charge in [-0.05, 0) is 44.7 Å². The molecule has 0 saturated carbocycles. The lowest BCUT2D eigenvalue weighted by atomic mass is 10.1. The van der Waals surface area contributed by atoms with E-state index in [0.29, 0.717) is 0 Å². The van der Waals surface area contributed by atoms with Gasteiger partial charge < -0.3 is 5.09 Å². The molecule has 2 aromatic rings. The van der Waals surface area contributed by atoms with Gasteiger partial charge in [0.15, 0.2) is 0 Å². The van der Waals surface area contributed by atoms with Gasteiger partial charge in [0.1, 0.15) is 5.52 Å². The zero-order valence-corrected chi connectivity index (χ0v) is 13.3. The first-order valence-electron chi connectivity index (χ1n) is 6.05. The lowest BCUT2D eigenvalue weighted by Gasteiger charge is -2.09. The summed E-state index contributed by atoms with van der Waals surface area (Å²) in [4.78, 5) is 0. The molecule has 1 aromatic carbocycles. The number of nitrogens with zero attached hydrogens (tertiary/aromatic N) is 2. The fourth-order valence-electron chi connectivity index (χ4n) is 2.06. The topological polar surface area (TPSA) is 29.9 Å². The van der Waals surface area contributed by atoms with Crippen LogP contribution in [-0.2, 0) is 6.54 Å². The van der Waals surface area contributed by atoms with Gasteiger partial charge in [0.2, 0.25) is 0 Å². The minimum Gasteiger partial charge on any atom is -0.368 e. The van der Waals surface area contributed by atoms with Gasteiger partial charge in [-0.3, -0.25) is 4.68 Å². The summed E-state index contributed by atoms with van der Waals surface area (Å²) in [5.74, 6) is 0. The first-order chi connectivity index (χ1) is 8.72. The molecule has 0 aliphatic carbocycles. The first kappa shape index (κ1) is 13.6. The van der Waals surface area contributed by atoms with Gasteiger partial charge >= 0.3 is 0 Å². The van der Waals surface area contributed by atoms with Crippen LogP contribution in [0.1, 0.15) is 26.0 Å². The molecule has 0 aliphatic rings. The van der Waals surface area contributed by atoms with Crippen LogP contribution in [0.25, 0.3) is 16.6 Å². The Morgan fingerprint density at radius 1 is 1.50 bits per heavy atom. The molecule has 1 N–H and O–H groups in total. The number of hydrogen-bond acceptors (Lipinski definition) is 2. The molecule has 18 heavy (non-hydrogen) atoms. The maximum Gasteiger partial charge on any atom is 0.107 e. The van der Waals surface area contributed by atoms with Gasteiger partial charge in [-0.15, -0.1) is 0 Å². The summed E-state index contributed by atoms with van der Waals surface area (Å²) in [5.41, 5.74) is 3.26. The van der Waals surface area contributed by atoms with Gasteiger partial charge in [0, 0.05) is 16.4 Å². The number of aromatic nitrogens is 2. The van der Waals surface area contributed by atoms with Crippen LogP contribution in [0.5, 0.6) is 0 Å². The van der Waals surface area contributed by atoms with E-state index in [9.17, 15) is 0 Å². The van der Waals surface area contributed by atoms with Crippen molar-refractivity contribution in [3.05, 3.63) is 34.4 Å². The van der Waals surface area contributed by atoms with E-state index in [-0.39, 0.29) is 0 Å². The molecule has 0 aliphatic heterocycles. The van der Waals surface area contributed by atoms with Crippen LogP contribution in [0.15, 0.2) is 28.7 Å². The van der Waals surface area contributed by atoms with Crippen LogP contribution in [0.3, 0.4) is 0 Å². The second kappa shape index (κ2) is 5.85. The van der Waals surface area contributed by atoms with Crippen molar-refractivity contribution < 1.29 is 0 Å². The van der Waals surface area contributed by atoms with E-state index in [1.54, 1.807) is 0 Å². The highest BCUT2D eigenvalue weighted by atomic mass is 79.9. The number of fused-ring (bicyclic) bond motifs is 1. The largest absolute Gasteiger partial charge is 0.368 e. The van der Waals surface area contributed by atoms with E-state index >= 15 is 0 Å². The van der Waals surface area contributed by atoms with E-state index < -0.39 is 0 Å². The highest BCUT2D eigenvalue weighted by Gasteiger charge is 2.14. The number of allylic oxidation sites excluding steroid dienone is 1. The molecule has 0 fully saturated rings. The molecule has 1 aromatic heterocycles. The number of benzene rings is 1. The predicted octanol–water partition coefficient (Wildman–Crippen LogP) is 3.95. The quantitative estimate of drug-likeness (QED) is 0.862. The minimum absolute atomic E-state index is 0.851. The second-order valence-corrected chi connectivity index (χ2v) is 5.11. The fourth-order valence-corrected chi connectivity index (χ4v) is 2.76. The van der Waals surface area contributed by atoms with Crippen molar-refractivity contribution >= 4 is 41.9 Å². The predicted molar refractivity (Wildman–Crippen MR) is 84.2 cm³/mol. The molecule has 0 radical (unpaired) electrons. The number of nitrogens with one attached hydrogen (secondary N) is 1. The van der Waals surface area contributed by atoms with Crippen LogP contribution >= 0.6 is 25.3 Å². The molecule has 1 unspecified atom stereocenters. The highest BCUT2D eigenvalue weighted by Crippen LogP contribution is 2.29. The molecule has 0 amide bonds. The summed E-state index contributed by atoms with van der Waals surface area (Å²) < 4.78 is 3.07. The lowest BCUT2D eigenvalue weighted by Crippen LogP contribution is -2.07. The Labute approximate surface area is 118 Å². The average molecular weight is 326 g/mol. The van der Waals surface area contributed by atoms with Crippen molar-refractivity contribution in [2.24, 2.45) is 0 Å². The van der Waals surface area contributed by atoms with Crippen molar-refractivity contribution in [3.8, 4) is 0 Å². The van der Waals surface area contributed by atoms with Crippen LogP contribution in [-0.4, -0.2) is 9.78 Å². The number of halogens is 1. The number of rotatable bonds is 4. The molecule has 96 valence electrons. The van der Waals surface area contributed by atoms with E-state index in [1.165, 1.54) is 5.39 Å². The Bertz CT molecular complexity index is 589. The summed E-state index contributed by atoms with van der Waals surface area (Å²) in [5, 5.41) is 9.02. The molecular formula is C13H17BrN3P. The van der Waals surface area contributed by atoms with Gasteiger partial charge in [0.25, 0.3) is 0 Å². The first-order valence-corrected chi connectivity index (χ1v) is 7.42. The van der Waals surface area contributed by atoms with Crippen LogP contribution in [0, 0.1) is 0 Å². The average Bonchev–Trinajstić information content (AvgIpc) is 2.76. The Kier molecular flexibility index (Phi) is 4.41. The van der Waals surface area contributed by atoms with E-state index in [4.69, 9.17) is 0 Å². The molecule has 2 rings (SSSR count). The maximum atomic E-state index is 4.66. The van der Waals surface area contributed by atoms with Crippen molar-refractivity contribution in [1.29, 1.82) is 0 Å². The molecule has 1 heterocycles. The zero-order chi connectivity index (χ0) is 13.1. The molecule has 0 bridgehead atoms. The smallest absolute Gasteiger partial charge is 0.107 e. The highest BCUT2D eigenvalue weighted by molar-refractivity contribution is 9.10. The van der Waals surface area contributed by atoms with E-state index in [0.717, 1.165) is 34.3 Å². The summed E-state index contributed by atoms with van der Waals surface area (Å²) in [6.07, 6.45) is 3.16. The fraction of sp³-hybridized carbons (Fsp3) is 0.308. The Hall–Kier alpha value is -0.860. The Balaban J connectivity index is 2.75. The third kappa shape index (κ3) is 2.32. The molecular weight excluding hydrogens is 309 g/mol. The molecule has 0 saturated heterocycles. The van der Waals surface area contributed by atoms with Crippen molar-refractivity contribution in [3.63, 3.8) is 0 Å². The van der Waals surface area contributed by atoms with Gasteiger partial charge in [-0.25, -0.2) is 0 Å². The second-order valence-electron chi connectivity index (χ2n) is 3.97. The van der Waals surface area contributed by atoms with E-state index in [2.05, 4.69) is 61.5 Å². The summed E-state index contributed by atoms with van der Waals surface area (Å²) >= 11 is 3.56. The lowest BCUT2D eigenvalue weighted by molar-refractivity contribution is 0.657. The van der Waals surface area contributed by atoms with Crippen LogP contribution in [0.2, 0.25) is 0 Å². The van der Waals surface area contributed by atoms with Crippen LogP contribution < -0.4 is 5.09 Å². The van der Waals surface area contributed by atoms with Crippen molar-refractivity contribution in [1.82, 2.24) is 14.9 Å². The summed E-state index contributed by atoms with van der Waals surface area (Å²) in [6.45, 7) is 5.09. The number of aryl methyl sites for hydroxylation is 1. The van der Waals surface area contributed by atoms with Crippen LogP contribution in [0.4, 0.5) is 0 Å². The molecule has 1 atom stereocenters. The zero-order valence-electron chi connectivity index (χ0n) is 10.6. The van der Waals surface area contributed by atoms with E-state index in [1.807, 2.05) is 16.8 Å². The normalized spacial score (nSPS) is 12.1. The monoisotopic (exact) mass is 325 g/mol. The van der Waals surface area contributed by atoms with Gasteiger partial charge in [-0.2, -0.15) is 5.10 Å². The third-order valence-electron chi connectivity index (χ3n) is 2.84. The Morgan fingerprint density at radius 2 is 2.28 bits per heavy atom. The molecule has 3 nitrogen and oxygen atoms in total. The summed E-state index contributed by atoms with van der Waals surface area (Å²) in [6, 6.07) is 6.18. The summed E-state index contributed by atoms with van der Waals surface area (Å²) in [7, 11) is 2.57. The number of hydrogen-bond donors (Lipinski definition) is 1. The van der Waals surface area contributed by atoms with Gasteiger partial charge in [0.05, 0.1) is 11.4 Å².